The number of anilines is 1. The predicted octanol–water partition coefficient (Wildman–Crippen LogP) is 3.02. The highest BCUT2D eigenvalue weighted by molar-refractivity contribution is 6.32. The second-order valence-corrected chi connectivity index (χ2v) is 5.52. The molecule has 0 aliphatic heterocycles. The molecule has 0 aliphatic rings. The first-order chi connectivity index (χ1) is 9.38. The van der Waals surface area contributed by atoms with Gasteiger partial charge in [0.25, 0.3) is 0 Å². The Morgan fingerprint density at radius 2 is 2.15 bits per heavy atom. The Bertz CT molecular complexity index is 464. The van der Waals surface area contributed by atoms with Crippen molar-refractivity contribution in [2.45, 2.75) is 32.7 Å². The van der Waals surface area contributed by atoms with E-state index in [4.69, 9.17) is 21.4 Å². The smallest absolute Gasteiger partial charge is 0.319 e. The van der Waals surface area contributed by atoms with Gasteiger partial charge in [-0.1, -0.05) is 18.5 Å². The predicted molar refractivity (Wildman–Crippen MR) is 80.6 cm³/mol. The Labute approximate surface area is 124 Å². The summed E-state index contributed by atoms with van der Waals surface area (Å²) >= 11 is 6.07. The fourth-order valence-electron chi connectivity index (χ4n) is 1.42. The largest absolute Gasteiger partial charge is 0.492 e. The number of aliphatic hydroxyl groups excluding tert-OH is 1. The number of benzene rings is 1. The fourth-order valence-corrected chi connectivity index (χ4v) is 1.65. The number of hydrogen-bond acceptors (Lipinski definition) is 3. The van der Waals surface area contributed by atoms with Crippen LogP contribution in [0.3, 0.4) is 0 Å². The second-order valence-electron chi connectivity index (χ2n) is 5.11. The minimum Gasteiger partial charge on any atom is -0.492 e. The molecule has 0 spiro atoms. The summed E-state index contributed by atoms with van der Waals surface area (Å²) in [4.78, 5) is 11.7. The summed E-state index contributed by atoms with van der Waals surface area (Å²) in [5.74, 6) is 0.593. The molecule has 20 heavy (non-hydrogen) atoms. The number of hydrogen-bond donors (Lipinski definition) is 3. The molecule has 0 saturated heterocycles. The molecular formula is C14H21ClN2O3. The zero-order chi connectivity index (χ0) is 15.2. The summed E-state index contributed by atoms with van der Waals surface area (Å²) in [5, 5.41) is 14.8. The van der Waals surface area contributed by atoms with Crippen molar-refractivity contribution in [3.05, 3.63) is 23.2 Å². The van der Waals surface area contributed by atoms with Crippen LogP contribution in [0.5, 0.6) is 5.75 Å². The van der Waals surface area contributed by atoms with Crippen LogP contribution in [0.25, 0.3) is 0 Å². The summed E-state index contributed by atoms with van der Waals surface area (Å²) in [6.07, 6.45) is 0.898. The molecular weight excluding hydrogens is 280 g/mol. The van der Waals surface area contributed by atoms with E-state index in [9.17, 15) is 4.79 Å². The number of amides is 2. The van der Waals surface area contributed by atoms with E-state index in [1.165, 1.54) is 0 Å². The van der Waals surface area contributed by atoms with E-state index < -0.39 is 11.6 Å². The third-order valence-electron chi connectivity index (χ3n) is 2.50. The van der Waals surface area contributed by atoms with Crippen molar-refractivity contribution >= 4 is 23.3 Å². The van der Waals surface area contributed by atoms with E-state index in [2.05, 4.69) is 10.6 Å². The van der Waals surface area contributed by atoms with Crippen LogP contribution in [0.1, 0.15) is 27.2 Å². The number of carbonyl (C=O) groups excluding carboxylic acids is 1. The lowest BCUT2D eigenvalue weighted by atomic mass is 10.1. The van der Waals surface area contributed by atoms with Crippen molar-refractivity contribution in [3.63, 3.8) is 0 Å². The van der Waals surface area contributed by atoms with Crippen molar-refractivity contribution in [2.24, 2.45) is 0 Å². The zero-order valence-electron chi connectivity index (χ0n) is 12.0. The van der Waals surface area contributed by atoms with Crippen LogP contribution in [0.15, 0.2) is 18.2 Å². The third kappa shape index (κ3) is 5.27. The number of halogens is 1. The SMILES string of the molecule is CCCOc1ccc(NC(=O)NC(C)(C)CO)cc1Cl. The lowest BCUT2D eigenvalue weighted by Gasteiger charge is -2.23. The normalized spacial score (nSPS) is 11.1. The van der Waals surface area contributed by atoms with E-state index in [0.717, 1.165) is 6.42 Å². The third-order valence-corrected chi connectivity index (χ3v) is 2.79. The van der Waals surface area contributed by atoms with E-state index in [1.54, 1.807) is 32.0 Å². The van der Waals surface area contributed by atoms with Gasteiger partial charge < -0.3 is 20.5 Å². The second kappa shape index (κ2) is 7.36. The van der Waals surface area contributed by atoms with E-state index in [1.807, 2.05) is 6.92 Å². The van der Waals surface area contributed by atoms with Crippen molar-refractivity contribution in [1.29, 1.82) is 0 Å². The Balaban J connectivity index is 2.65. The molecule has 0 aliphatic carbocycles. The molecule has 0 radical (unpaired) electrons. The Morgan fingerprint density at radius 1 is 1.45 bits per heavy atom. The molecule has 0 heterocycles. The molecule has 0 atom stereocenters. The Kier molecular flexibility index (Phi) is 6.10. The first kappa shape index (κ1) is 16.6. The maximum atomic E-state index is 11.7. The molecule has 112 valence electrons. The Morgan fingerprint density at radius 3 is 2.70 bits per heavy atom. The summed E-state index contributed by atoms with van der Waals surface area (Å²) in [6, 6.07) is 4.65. The van der Waals surface area contributed by atoms with Crippen LogP contribution < -0.4 is 15.4 Å². The van der Waals surface area contributed by atoms with E-state index in [0.29, 0.717) is 23.1 Å². The molecule has 1 aromatic carbocycles. The van der Waals surface area contributed by atoms with Crippen LogP contribution in [0.2, 0.25) is 5.02 Å². The highest BCUT2D eigenvalue weighted by Crippen LogP contribution is 2.27. The van der Waals surface area contributed by atoms with Crippen molar-refractivity contribution in [2.75, 3.05) is 18.5 Å². The molecule has 0 bridgehead atoms. The van der Waals surface area contributed by atoms with Crippen LogP contribution in [-0.4, -0.2) is 29.9 Å². The van der Waals surface area contributed by atoms with Crippen LogP contribution in [0, 0.1) is 0 Å². The minimum absolute atomic E-state index is 0.148. The molecule has 0 unspecified atom stereocenters. The standard InChI is InChI=1S/C14H21ClN2O3/c1-4-7-20-12-6-5-10(8-11(12)15)16-13(19)17-14(2,3)9-18/h5-6,8,18H,4,7,9H2,1-3H3,(H2,16,17,19). The molecule has 1 rings (SSSR count). The number of urea groups is 1. The van der Waals surface area contributed by atoms with Gasteiger partial charge in [-0.25, -0.2) is 4.79 Å². The molecule has 0 fully saturated rings. The summed E-state index contributed by atoms with van der Waals surface area (Å²) in [6.45, 7) is 5.90. The van der Waals surface area contributed by atoms with E-state index >= 15 is 0 Å². The number of carbonyl (C=O) groups is 1. The number of ether oxygens (including phenoxy) is 1. The number of aliphatic hydroxyl groups is 1. The minimum atomic E-state index is -0.682. The van der Waals surface area contributed by atoms with Gasteiger partial charge >= 0.3 is 6.03 Å². The molecule has 6 heteroatoms. The zero-order valence-corrected chi connectivity index (χ0v) is 12.8. The van der Waals surface area contributed by atoms with Crippen LogP contribution in [0.4, 0.5) is 10.5 Å². The van der Waals surface area contributed by atoms with Gasteiger partial charge in [0.05, 0.1) is 23.8 Å². The topological polar surface area (TPSA) is 70.6 Å². The fraction of sp³-hybridized carbons (Fsp3) is 0.500. The lowest BCUT2D eigenvalue weighted by molar-refractivity contribution is 0.187. The Hall–Kier alpha value is -1.46. The number of rotatable bonds is 6. The van der Waals surface area contributed by atoms with Crippen molar-refractivity contribution < 1.29 is 14.6 Å². The highest BCUT2D eigenvalue weighted by Gasteiger charge is 2.19. The average molecular weight is 301 g/mol. The van der Waals surface area contributed by atoms with Gasteiger partial charge in [0, 0.05) is 5.69 Å². The molecule has 3 N–H and O–H groups in total. The molecule has 2 amide bonds. The van der Waals surface area contributed by atoms with Gasteiger partial charge in [0.15, 0.2) is 0 Å². The van der Waals surface area contributed by atoms with Gasteiger partial charge in [0.1, 0.15) is 5.75 Å². The molecule has 0 saturated carbocycles. The van der Waals surface area contributed by atoms with Gasteiger partial charge in [0.2, 0.25) is 0 Å². The van der Waals surface area contributed by atoms with Gasteiger partial charge in [-0.2, -0.15) is 0 Å². The molecule has 5 nitrogen and oxygen atoms in total. The summed E-state index contributed by atoms with van der Waals surface area (Å²) in [7, 11) is 0. The van der Waals surface area contributed by atoms with Crippen LogP contribution >= 0.6 is 11.6 Å². The monoisotopic (exact) mass is 300 g/mol. The first-order valence-electron chi connectivity index (χ1n) is 6.50. The maximum Gasteiger partial charge on any atom is 0.319 e. The molecule has 1 aromatic rings. The van der Waals surface area contributed by atoms with Gasteiger partial charge in [-0.05, 0) is 38.5 Å². The molecule has 0 aromatic heterocycles. The summed E-state index contributed by atoms with van der Waals surface area (Å²) < 4.78 is 5.45. The lowest BCUT2D eigenvalue weighted by Crippen LogP contribution is -2.48. The van der Waals surface area contributed by atoms with Crippen molar-refractivity contribution in [3.8, 4) is 5.75 Å². The first-order valence-corrected chi connectivity index (χ1v) is 6.88. The van der Waals surface area contributed by atoms with E-state index in [-0.39, 0.29) is 6.61 Å². The number of nitrogens with one attached hydrogen (secondary N) is 2. The average Bonchev–Trinajstić information content (AvgIpc) is 2.37. The summed E-state index contributed by atoms with van der Waals surface area (Å²) in [5.41, 5.74) is -0.122. The van der Waals surface area contributed by atoms with Gasteiger partial charge in [-0.3, -0.25) is 0 Å². The quantitative estimate of drug-likeness (QED) is 0.756. The van der Waals surface area contributed by atoms with Crippen LogP contribution in [-0.2, 0) is 0 Å². The van der Waals surface area contributed by atoms with Gasteiger partial charge in [-0.15, -0.1) is 0 Å². The highest BCUT2D eigenvalue weighted by atomic mass is 35.5. The van der Waals surface area contributed by atoms with Crippen molar-refractivity contribution in [1.82, 2.24) is 5.32 Å². The maximum absolute atomic E-state index is 11.7.